The maximum Gasteiger partial charge on any atom is 0.319 e. The fraction of sp³-hybridized carbons (Fsp3) is 0.211. The van der Waals surface area contributed by atoms with Crippen LogP contribution in [0.3, 0.4) is 0 Å². The van der Waals surface area contributed by atoms with Gasteiger partial charge in [0.05, 0.1) is 18.2 Å². The summed E-state index contributed by atoms with van der Waals surface area (Å²) in [5.74, 6) is -6.48. The van der Waals surface area contributed by atoms with Gasteiger partial charge in [0.15, 0.2) is 5.92 Å². The van der Waals surface area contributed by atoms with Crippen molar-refractivity contribution < 1.29 is 29.3 Å². The number of hydrogen-bond acceptors (Lipinski definition) is 6. The molecule has 0 radical (unpaired) electrons. The Morgan fingerprint density at radius 3 is 2.61 bits per heavy atom. The molecule has 1 aromatic heterocycles. The number of aromatic nitrogens is 1. The lowest BCUT2D eigenvalue weighted by Crippen LogP contribution is -2.50. The highest BCUT2D eigenvalue weighted by atomic mass is 16.5. The standard InChI is InChI=1S/C19H15N3O6/c1-2-28-15-11(4-3-7-21-15)19(14(16(23)24)17(25)26)12-8-10(9-20)5-6-13(12)22-18(19)27/h3-8,14H,2H2,1H3,(H,22,27)(H,23,24)(H,25,26). The van der Waals surface area contributed by atoms with E-state index < -0.39 is 29.2 Å². The molecule has 3 rings (SSSR count). The third-order valence-corrected chi connectivity index (χ3v) is 4.58. The van der Waals surface area contributed by atoms with Gasteiger partial charge in [0.1, 0.15) is 5.41 Å². The second-order valence-electron chi connectivity index (χ2n) is 6.03. The summed E-state index contributed by atoms with van der Waals surface area (Å²) in [6, 6.07) is 8.98. The second kappa shape index (κ2) is 7.00. The Bertz CT molecular complexity index is 1010. The van der Waals surface area contributed by atoms with Crippen LogP contribution in [0, 0.1) is 17.2 Å². The van der Waals surface area contributed by atoms with Gasteiger partial charge in [-0.25, -0.2) is 4.98 Å². The number of rotatable bonds is 6. The first kappa shape index (κ1) is 18.8. The third-order valence-electron chi connectivity index (χ3n) is 4.58. The van der Waals surface area contributed by atoms with Gasteiger partial charge in [-0.15, -0.1) is 0 Å². The van der Waals surface area contributed by atoms with E-state index in [1.54, 1.807) is 6.92 Å². The van der Waals surface area contributed by atoms with Crippen LogP contribution >= 0.6 is 0 Å². The first-order valence-electron chi connectivity index (χ1n) is 8.27. The van der Waals surface area contributed by atoms with E-state index in [4.69, 9.17) is 4.74 Å². The van der Waals surface area contributed by atoms with Gasteiger partial charge >= 0.3 is 11.9 Å². The van der Waals surface area contributed by atoms with Crippen molar-refractivity contribution in [2.24, 2.45) is 5.92 Å². The molecule has 1 amide bonds. The van der Waals surface area contributed by atoms with Crippen molar-refractivity contribution in [3.05, 3.63) is 53.2 Å². The van der Waals surface area contributed by atoms with E-state index in [9.17, 15) is 29.9 Å². The lowest BCUT2D eigenvalue weighted by molar-refractivity contribution is -0.159. The molecule has 0 fully saturated rings. The van der Waals surface area contributed by atoms with Crippen molar-refractivity contribution in [3.63, 3.8) is 0 Å². The number of fused-ring (bicyclic) bond motifs is 1. The van der Waals surface area contributed by atoms with Crippen LogP contribution in [0.25, 0.3) is 0 Å². The molecule has 1 aliphatic heterocycles. The summed E-state index contributed by atoms with van der Waals surface area (Å²) < 4.78 is 5.46. The smallest absolute Gasteiger partial charge is 0.319 e. The molecular weight excluding hydrogens is 366 g/mol. The van der Waals surface area contributed by atoms with E-state index >= 15 is 0 Å². The number of carbonyl (C=O) groups is 3. The normalized spacial score (nSPS) is 17.5. The van der Waals surface area contributed by atoms with Crippen molar-refractivity contribution in [3.8, 4) is 11.9 Å². The lowest BCUT2D eigenvalue weighted by atomic mass is 9.66. The second-order valence-corrected chi connectivity index (χ2v) is 6.03. The minimum absolute atomic E-state index is 0.00186. The maximum absolute atomic E-state index is 13.2. The van der Waals surface area contributed by atoms with E-state index in [0.717, 1.165) is 0 Å². The Morgan fingerprint density at radius 1 is 1.29 bits per heavy atom. The molecule has 9 heteroatoms. The van der Waals surface area contributed by atoms with Gasteiger partial charge in [-0.2, -0.15) is 5.26 Å². The average Bonchev–Trinajstić information content (AvgIpc) is 2.94. The topological polar surface area (TPSA) is 150 Å². The van der Waals surface area contributed by atoms with Crippen LogP contribution in [0.4, 0.5) is 5.69 Å². The van der Waals surface area contributed by atoms with Gasteiger partial charge in [-0.05, 0) is 36.8 Å². The summed E-state index contributed by atoms with van der Waals surface area (Å²) >= 11 is 0. The SMILES string of the molecule is CCOc1ncccc1C1(C(C(=O)O)C(=O)O)C(=O)Nc2ccc(C#N)cc21. The van der Waals surface area contributed by atoms with Gasteiger partial charge in [-0.3, -0.25) is 14.4 Å². The van der Waals surface area contributed by atoms with Crippen molar-refractivity contribution >= 4 is 23.5 Å². The summed E-state index contributed by atoms with van der Waals surface area (Å²) in [4.78, 5) is 41.2. The van der Waals surface area contributed by atoms with E-state index in [1.807, 2.05) is 6.07 Å². The summed E-state index contributed by atoms with van der Waals surface area (Å²) in [6.07, 6.45) is 1.39. The monoisotopic (exact) mass is 381 g/mol. The molecule has 1 unspecified atom stereocenters. The van der Waals surface area contributed by atoms with Crippen LogP contribution in [-0.2, 0) is 19.8 Å². The molecule has 0 aliphatic carbocycles. The number of pyridine rings is 1. The van der Waals surface area contributed by atoms with Crippen LogP contribution < -0.4 is 10.1 Å². The maximum atomic E-state index is 13.2. The molecule has 1 aromatic carbocycles. The molecule has 28 heavy (non-hydrogen) atoms. The number of hydrogen-bond donors (Lipinski definition) is 3. The molecule has 9 nitrogen and oxygen atoms in total. The number of nitriles is 1. The Hall–Kier alpha value is -3.93. The van der Waals surface area contributed by atoms with Gasteiger partial charge in [0.2, 0.25) is 11.8 Å². The molecule has 142 valence electrons. The lowest BCUT2D eigenvalue weighted by Gasteiger charge is -2.32. The van der Waals surface area contributed by atoms with Crippen molar-refractivity contribution in [2.45, 2.75) is 12.3 Å². The number of nitrogens with zero attached hydrogens (tertiary/aromatic N) is 2. The fourth-order valence-corrected chi connectivity index (χ4v) is 3.52. The minimum Gasteiger partial charge on any atom is -0.481 e. The first-order chi connectivity index (χ1) is 13.4. The molecule has 3 N–H and O–H groups in total. The Morgan fingerprint density at radius 2 is 2.00 bits per heavy atom. The third kappa shape index (κ3) is 2.63. The van der Waals surface area contributed by atoms with Gasteiger partial charge in [0.25, 0.3) is 0 Å². The van der Waals surface area contributed by atoms with Crippen LogP contribution in [-0.4, -0.2) is 39.6 Å². The first-order valence-corrected chi connectivity index (χ1v) is 8.27. The predicted molar refractivity (Wildman–Crippen MR) is 94.7 cm³/mol. The molecule has 0 saturated heterocycles. The Kier molecular flexibility index (Phi) is 4.71. The zero-order chi connectivity index (χ0) is 20.5. The predicted octanol–water partition coefficient (Wildman–Crippen LogP) is 1.38. The number of ether oxygens (including phenoxy) is 1. The van der Waals surface area contributed by atoms with E-state index in [2.05, 4.69) is 10.3 Å². The van der Waals surface area contributed by atoms with E-state index in [-0.39, 0.29) is 34.9 Å². The summed E-state index contributed by atoms with van der Waals surface area (Å²) in [6.45, 7) is 1.84. The quantitative estimate of drug-likeness (QED) is 0.635. The van der Waals surface area contributed by atoms with Crippen LogP contribution in [0.15, 0.2) is 36.5 Å². The molecule has 2 aromatic rings. The van der Waals surface area contributed by atoms with Gasteiger partial charge in [0, 0.05) is 17.4 Å². The Balaban J connectivity index is 2.46. The number of benzene rings is 1. The van der Waals surface area contributed by atoms with Gasteiger partial charge < -0.3 is 20.3 Å². The average molecular weight is 381 g/mol. The van der Waals surface area contributed by atoms with Crippen LogP contribution in [0.1, 0.15) is 23.6 Å². The molecule has 0 spiro atoms. The number of aliphatic carboxylic acids is 2. The van der Waals surface area contributed by atoms with Crippen LogP contribution in [0.2, 0.25) is 0 Å². The molecule has 1 aliphatic rings. The molecule has 1 atom stereocenters. The Labute approximate surface area is 159 Å². The van der Waals surface area contributed by atoms with E-state index in [0.29, 0.717) is 0 Å². The number of carboxylic acids is 2. The summed E-state index contributed by atoms with van der Waals surface area (Å²) in [5, 5.41) is 31.3. The molecule has 0 saturated carbocycles. The highest BCUT2D eigenvalue weighted by Gasteiger charge is 2.61. The van der Waals surface area contributed by atoms with Crippen molar-refractivity contribution in [1.29, 1.82) is 5.26 Å². The highest BCUT2D eigenvalue weighted by Crippen LogP contribution is 2.50. The van der Waals surface area contributed by atoms with Crippen molar-refractivity contribution in [1.82, 2.24) is 4.98 Å². The van der Waals surface area contributed by atoms with Gasteiger partial charge in [-0.1, -0.05) is 6.07 Å². The zero-order valence-electron chi connectivity index (χ0n) is 14.7. The molecule has 0 bridgehead atoms. The molecular formula is C19H15N3O6. The largest absolute Gasteiger partial charge is 0.481 e. The number of carboxylic acid groups (broad SMARTS) is 2. The summed E-state index contributed by atoms with van der Waals surface area (Å²) in [7, 11) is 0. The van der Waals surface area contributed by atoms with E-state index in [1.165, 1.54) is 36.5 Å². The van der Waals surface area contributed by atoms with Crippen molar-refractivity contribution in [2.75, 3.05) is 11.9 Å². The number of carbonyl (C=O) groups excluding carboxylic acids is 1. The number of anilines is 1. The fourth-order valence-electron chi connectivity index (χ4n) is 3.52. The minimum atomic E-state index is -2.17. The number of nitrogens with one attached hydrogen (secondary N) is 1. The summed E-state index contributed by atoms with van der Waals surface area (Å²) in [5.41, 5.74) is -1.73. The van der Waals surface area contributed by atoms with Crippen LogP contribution in [0.5, 0.6) is 5.88 Å². The molecule has 2 heterocycles. The number of amides is 1. The highest BCUT2D eigenvalue weighted by molar-refractivity contribution is 6.15. The zero-order valence-corrected chi connectivity index (χ0v) is 14.7.